The fourth-order valence-corrected chi connectivity index (χ4v) is 1.54. The van der Waals surface area contributed by atoms with Gasteiger partial charge in [0, 0.05) is 12.2 Å². The predicted molar refractivity (Wildman–Crippen MR) is 62.1 cm³/mol. The van der Waals surface area contributed by atoms with E-state index in [1.54, 1.807) is 16.9 Å². The van der Waals surface area contributed by atoms with Crippen molar-refractivity contribution in [3.63, 3.8) is 0 Å². The molecule has 0 aromatic carbocycles. The fourth-order valence-electron chi connectivity index (χ4n) is 1.54. The Hall–Kier alpha value is -2.19. The number of aromatic nitrogens is 5. The molecule has 0 N–H and O–H groups in total. The van der Waals surface area contributed by atoms with Crippen molar-refractivity contribution in [2.24, 2.45) is 0 Å². The molecule has 6 nitrogen and oxygen atoms in total. The van der Waals surface area contributed by atoms with Gasteiger partial charge in [-0.25, -0.2) is 4.68 Å². The monoisotopic (exact) mass is 287 g/mol. The molecule has 2 rings (SSSR count). The Morgan fingerprint density at radius 3 is 2.65 bits per heavy atom. The molecule has 0 saturated heterocycles. The highest BCUT2D eigenvalue weighted by Crippen LogP contribution is 2.20. The molecule has 0 fully saturated rings. The van der Waals surface area contributed by atoms with Crippen LogP contribution in [0.1, 0.15) is 36.1 Å². The molecule has 0 aliphatic heterocycles. The van der Waals surface area contributed by atoms with Crippen molar-refractivity contribution in [1.82, 2.24) is 24.8 Å². The Morgan fingerprint density at radius 1 is 1.40 bits per heavy atom. The molecule has 2 aromatic rings. The molecule has 0 unspecified atom stereocenters. The van der Waals surface area contributed by atoms with Crippen LogP contribution in [0.3, 0.4) is 0 Å². The van der Waals surface area contributed by atoms with Crippen molar-refractivity contribution in [3.05, 3.63) is 29.8 Å². The number of halogens is 3. The lowest BCUT2D eigenvalue weighted by molar-refractivity contribution is -0.0888. The summed E-state index contributed by atoms with van der Waals surface area (Å²) in [6.07, 6.45) is -2.22. The number of alkyl halides is 3. The predicted octanol–water partition coefficient (Wildman–Crippen LogP) is 1.85. The van der Waals surface area contributed by atoms with Crippen molar-refractivity contribution in [2.45, 2.75) is 32.6 Å². The Labute approximate surface area is 112 Å². The first-order valence-electron chi connectivity index (χ1n) is 5.83. The minimum absolute atomic E-state index is 0.151. The van der Waals surface area contributed by atoms with Crippen LogP contribution in [-0.4, -0.2) is 36.7 Å². The summed E-state index contributed by atoms with van der Waals surface area (Å²) in [5, 5.41) is 11.0. The lowest BCUT2D eigenvalue weighted by atomic mass is 10.3. The first-order valence-corrected chi connectivity index (χ1v) is 5.83. The van der Waals surface area contributed by atoms with Crippen LogP contribution in [0.5, 0.6) is 0 Å². The van der Waals surface area contributed by atoms with E-state index in [0.717, 1.165) is 10.9 Å². The molecule has 2 heterocycles. The SMILES string of the molecule is CC(C)n1ccc(Cn2cc(C(=O)C(F)(F)F)nn2)n1. The van der Waals surface area contributed by atoms with E-state index in [1.807, 2.05) is 13.8 Å². The Morgan fingerprint density at radius 2 is 2.10 bits per heavy atom. The van der Waals surface area contributed by atoms with Crippen LogP contribution in [-0.2, 0) is 6.54 Å². The summed E-state index contributed by atoms with van der Waals surface area (Å²) in [4.78, 5) is 11.0. The number of Topliss-reactive ketones (excluding diaryl/α,β-unsaturated/α-hetero) is 1. The highest BCUT2D eigenvalue weighted by atomic mass is 19.4. The molecule has 0 radical (unpaired) electrons. The number of rotatable bonds is 4. The zero-order valence-corrected chi connectivity index (χ0v) is 10.8. The van der Waals surface area contributed by atoms with Crippen LogP contribution >= 0.6 is 0 Å². The maximum absolute atomic E-state index is 12.2. The summed E-state index contributed by atoms with van der Waals surface area (Å²) in [6, 6.07) is 1.91. The molecule has 0 spiro atoms. The van der Waals surface area contributed by atoms with Gasteiger partial charge in [0.25, 0.3) is 5.78 Å². The first kappa shape index (κ1) is 14.2. The molecule has 0 bridgehead atoms. The van der Waals surface area contributed by atoms with Gasteiger partial charge in [-0.3, -0.25) is 9.48 Å². The lowest BCUT2D eigenvalue weighted by Crippen LogP contribution is -2.23. The third-order valence-corrected chi connectivity index (χ3v) is 2.55. The zero-order valence-electron chi connectivity index (χ0n) is 10.8. The van der Waals surface area contributed by atoms with Gasteiger partial charge in [0.2, 0.25) is 0 Å². The molecule has 0 saturated carbocycles. The van der Waals surface area contributed by atoms with Gasteiger partial charge in [0.1, 0.15) is 0 Å². The zero-order chi connectivity index (χ0) is 14.9. The molecule has 0 atom stereocenters. The van der Waals surface area contributed by atoms with Crippen molar-refractivity contribution < 1.29 is 18.0 Å². The Balaban J connectivity index is 2.11. The molecule has 0 aliphatic rings. The van der Waals surface area contributed by atoms with Gasteiger partial charge in [-0.1, -0.05) is 5.21 Å². The maximum Gasteiger partial charge on any atom is 0.456 e. The number of carbonyl (C=O) groups is 1. The van der Waals surface area contributed by atoms with Gasteiger partial charge >= 0.3 is 6.18 Å². The average Bonchev–Trinajstić information content (AvgIpc) is 2.96. The van der Waals surface area contributed by atoms with Crippen LogP contribution in [0.25, 0.3) is 0 Å². The maximum atomic E-state index is 12.2. The van der Waals surface area contributed by atoms with Crippen molar-refractivity contribution in [2.75, 3.05) is 0 Å². The van der Waals surface area contributed by atoms with Crippen LogP contribution < -0.4 is 0 Å². The van der Waals surface area contributed by atoms with Gasteiger partial charge in [-0.05, 0) is 19.9 Å². The van der Waals surface area contributed by atoms with Gasteiger partial charge in [-0.15, -0.1) is 5.10 Å². The van der Waals surface area contributed by atoms with Crippen LogP contribution in [0.15, 0.2) is 18.5 Å². The summed E-state index contributed by atoms with van der Waals surface area (Å²) in [5.74, 6) is -2.00. The normalized spacial score (nSPS) is 12.1. The third kappa shape index (κ3) is 3.03. The van der Waals surface area contributed by atoms with Crippen LogP contribution in [0.2, 0.25) is 0 Å². The van der Waals surface area contributed by atoms with E-state index < -0.39 is 17.7 Å². The molecular formula is C11H12F3N5O. The first-order chi connectivity index (χ1) is 9.27. The average molecular weight is 287 g/mol. The van der Waals surface area contributed by atoms with E-state index in [0.29, 0.717) is 5.69 Å². The molecule has 108 valence electrons. The number of hydrogen-bond acceptors (Lipinski definition) is 4. The minimum Gasteiger partial charge on any atom is -0.282 e. The van der Waals surface area contributed by atoms with E-state index in [2.05, 4.69) is 15.4 Å². The van der Waals surface area contributed by atoms with Crippen LogP contribution in [0, 0.1) is 0 Å². The van der Waals surface area contributed by atoms with Gasteiger partial charge < -0.3 is 0 Å². The molecule has 0 aliphatic carbocycles. The fraction of sp³-hybridized carbons (Fsp3) is 0.455. The van der Waals surface area contributed by atoms with Crippen molar-refractivity contribution in [1.29, 1.82) is 0 Å². The number of ketones is 1. The summed E-state index contributed by atoms with van der Waals surface area (Å²) in [5.41, 5.74) is -0.101. The standard InChI is InChI=1S/C11H12F3N5O/c1-7(2)19-4-3-8(16-19)5-18-6-9(15-17-18)10(20)11(12,13)14/h3-4,6-7H,5H2,1-2H3. The molecular weight excluding hydrogens is 275 g/mol. The van der Waals surface area contributed by atoms with E-state index in [1.165, 1.54) is 0 Å². The summed E-state index contributed by atoms with van der Waals surface area (Å²) in [6.45, 7) is 4.05. The second-order valence-electron chi connectivity index (χ2n) is 4.51. The van der Waals surface area contributed by atoms with Gasteiger partial charge in [0.05, 0.1) is 18.4 Å². The molecule has 2 aromatic heterocycles. The topological polar surface area (TPSA) is 65.6 Å². The molecule has 20 heavy (non-hydrogen) atoms. The minimum atomic E-state index is -4.94. The van der Waals surface area contributed by atoms with E-state index in [9.17, 15) is 18.0 Å². The third-order valence-electron chi connectivity index (χ3n) is 2.55. The quantitative estimate of drug-likeness (QED) is 0.805. The number of hydrogen-bond donors (Lipinski definition) is 0. The number of carbonyl (C=O) groups excluding carboxylic acids is 1. The highest BCUT2D eigenvalue weighted by molar-refractivity contribution is 5.98. The van der Waals surface area contributed by atoms with E-state index in [4.69, 9.17) is 0 Å². The Bertz CT molecular complexity index is 614. The Kier molecular flexibility index (Phi) is 3.60. The van der Waals surface area contributed by atoms with E-state index in [-0.39, 0.29) is 12.6 Å². The number of nitrogens with zero attached hydrogens (tertiary/aromatic N) is 5. The largest absolute Gasteiger partial charge is 0.456 e. The molecule has 9 heteroatoms. The molecule has 0 amide bonds. The highest BCUT2D eigenvalue weighted by Gasteiger charge is 2.41. The van der Waals surface area contributed by atoms with Gasteiger partial charge in [0.15, 0.2) is 5.69 Å². The summed E-state index contributed by atoms with van der Waals surface area (Å²) < 4.78 is 39.5. The lowest BCUT2D eigenvalue weighted by Gasteiger charge is -2.03. The summed E-state index contributed by atoms with van der Waals surface area (Å²) in [7, 11) is 0. The van der Waals surface area contributed by atoms with Crippen molar-refractivity contribution in [3.8, 4) is 0 Å². The van der Waals surface area contributed by atoms with E-state index >= 15 is 0 Å². The second-order valence-corrected chi connectivity index (χ2v) is 4.51. The second kappa shape index (κ2) is 5.06. The summed E-state index contributed by atoms with van der Waals surface area (Å²) >= 11 is 0. The smallest absolute Gasteiger partial charge is 0.282 e. The van der Waals surface area contributed by atoms with Gasteiger partial charge in [-0.2, -0.15) is 18.3 Å². The van der Waals surface area contributed by atoms with Crippen LogP contribution in [0.4, 0.5) is 13.2 Å². The van der Waals surface area contributed by atoms with Crippen molar-refractivity contribution >= 4 is 5.78 Å².